The van der Waals surface area contributed by atoms with Crippen molar-refractivity contribution in [3.8, 4) is 5.75 Å². The summed E-state index contributed by atoms with van der Waals surface area (Å²) in [5.74, 6) is 0.348. The van der Waals surface area contributed by atoms with Gasteiger partial charge in [0.2, 0.25) is 0 Å². The molecule has 0 aromatic heterocycles. The molecule has 2 rings (SSSR count). The molecule has 0 heterocycles. The Morgan fingerprint density at radius 2 is 1.48 bits per heavy atom. The summed E-state index contributed by atoms with van der Waals surface area (Å²) < 4.78 is 0. The second kappa shape index (κ2) is 6.27. The Hall–Kier alpha value is -1.96. The number of phenolic OH excluding ortho intramolecular Hbond substituents is 1. The van der Waals surface area contributed by atoms with E-state index in [2.05, 4.69) is 65.1 Å². The molecule has 2 aromatic rings. The normalized spacial score (nSPS) is 13.7. The van der Waals surface area contributed by atoms with Crippen molar-refractivity contribution in [1.29, 1.82) is 0 Å². The largest absolute Gasteiger partial charge is 0.508 e. The van der Waals surface area contributed by atoms with Crippen LogP contribution in [0.2, 0.25) is 0 Å². The summed E-state index contributed by atoms with van der Waals surface area (Å²) >= 11 is 0. The second-order valence-corrected chi connectivity index (χ2v) is 8.33. The highest BCUT2D eigenvalue weighted by Crippen LogP contribution is 2.41. The molecule has 23 heavy (non-hydrogen) atoms. The van der Waals surface area contributed by atoms with Crippen molar-refractivity contribution >= 4 is 5.69 Å². The number of phenols is 1. The number of nitrogens with one attached hydrogen (secondary N) is 1. The first-order valence-electron chi connectivity index (χ1n) is 8.24. The van der Waals surface area contributed by atoms with Gasteiger partial charge in [-0.15, -0.1) is 0 Å². The maximum absolute atomic E-state index is 10.5. The topological polar surface area (TPSA) is 32.3 Å². The van der Waals surface area contributed by atoms with Crippen molar-refractivity contribution in [2.75, 3.05) is 5.32 Å². The Morgan fingerprint density at radius 1 is 0.870 bits per heavy atom. The molecule has 0 amide bonds. The lowest BCUT2D eigenvalue weighted by Crippen LogP contribution is -2.26. The van der Waals surface area contributed by atoms with Gasteiger partial charge in [0.1, 0.15) is 5.75 Å². The van der Waals surface area contributed by atoms with Crippen LogP contribution in [0.15, 0.2) is 48.5 Å². The van der Waals surface area contributed by atoms with Gasteiger partial charge in [0.05, 0.1) is 6.04 Å². The van der Waals surface area contributed by atoms with Gasteiger partial charge in [0.25, 0.3) is 0 Å². The van der Waals surface area contributed by atoms with Crippen LogP contribution in [-0.4, -0.2) is 5.11 Å². The van der Waals surface area contributed by atoms with Crippen molar-refractivity contribution in [3.63, 3.8) is 0 Å². The van der Waals surface area contributed by atoms with Crippen LogP contribution in [0.25, 0.3) is 0 Å². The fourth-order valence-electron chi connectivity index (χ4n) is 2.71. The molecule has 0 spiro atoms. The number of rotatable bonds is 3. The molecular weight excluding hydrogens is 282 g/mol. The lowest BCUT2D eigenvalue weighted by atomic mass is 9.79. The summed E-state index contributed by atoms with van der Waals surface area (Å²) in [5, 5.41) is 14.1. The van der Waals surface area contributed by atoms with E-state index in [9.17, 15) is 5.11 Å². The molecule has 124 valence electrons. The monoisotopic (exact) mass is 311 g/mol. The number of aromatic hydroxyl groups is 1. The van der Waals surface area contributed by atoms with Crippen LogP contribution < -0.4 is 5.32 Å². The molecule has 2 nitrogen and oxygen atoms in total. The molecule has 0 bridgehead atoms. The zero-order chi connectivity index (χ0) is 17.3. The second-order valence-electron chi connectivity index (χ2n) is 8.33. The van der Waals surface area contributed by atoms with Crippen molar-refractivity contribution in [3.05, 3.63) is 59.7 Å². The van der Waals surface area contributed by atoms with E-state index in [1.165, 1.54) is 5.56 Å². The van der Waals surface area contributed by atoms with Crippen LogP contribution in [0.3, 0.4) is 0 Å². The average molecular weight is 311 g/mol. The molecule has 2 N–H and O–H groups in total. The molecule has 0 saturated heterocycles. The van der Waals surface area contributed by atoms with Gasteiger partial charge in [0.15, 0.2) is 0 Å². The fraction of sp³-hybridized carbons (Fsp3) is 0.429. The van der Waals surface area contributed by atoms with Crippen LogP contribution in [0, 0.1) is 5.41 Å². The third kappa shape index (κ3) is 4.28. The van der Waals surface area contributed by atoms with Crippen LogP contribution in [0.5, 0.6) is 5.75 Å². The summed E-state index contributed by atoms with van der Waals surface area (Å²) in [6.45, 7) is 13.2. The lowest BCUT2D eigenvalue weighted by molar-refractivity contribution is 0.336. The molecule has 0 saturated carbocycles. The predicted octanol–water partition coefficient (Wildman–Crippen LogP) is 5.89. The first kappa shape index (κ1) is 17.4. The molecule has 0 aliphatic rings. The Balaban J connectivity index is 2.48. The van der Waals surface area contributed by atoms with Crippen molar-refractivity contribution in [2.45, 2.75) is 53.0 Å². The van der Waals surface area contributed by atoms with Crippen molar-refractivity contribution in [1.82, 2.24) is 0 Å². The quantitative estimate of drug-likeness (QED) is 0.741. The van der Waals surface area contributed by atoms with Crippen LogP contribution >= 0.6 is 0 Å². The van der Waals surface area contributed by atoms with Crippen LogP contribution in [0.4, 0.5) is 5.69 Å². The lowest BCUT2D eigenvalue weighted by Gasteiger charge is -2.34. The molecule has 2 heteroatoms. The van der Waals surface area contributed by atoms with Gasteiger partial charge in [-0.25, -0.2) is 0 Å². The van der Waals surface area contributed by atoms with E-state index in [1.54, 1.807) is 0 Å². The number of para-hydroxylation sites is 1. The zero-order valence-corrected chi connectivity index (χ0v) is 15.1. The molecule has 0 radical (unpaired) electrons. The summed E-state index contributed by atoms with van der Waals surface area (Å²) in [5.41, 5.74) is 3.26. The number of benzene rings is 2. The highest BCUT2D eigenvalue weighted by Gasteiger charge is 2.29. The zero-order valence-electron chi connectivity index (χ0n) is 15.1. The first-order valence-corrected chi connectivity index (χ1v) is 8.24. The van der Waals surface area contributed by atoms with E-state index >= 15 is 0 Å². The molecular formula is C21H29NO. The van der Waals surface area contributed by atoms with E-state index in [-0.39, 0.29) is 16.9 Å². The van der Waals surface area contributed by atoms with Gasteiger partial charge >= 0.3 is 0 Å². The Labute approximate surface area is 140 Å². The van der Waals surface area contributed by atoms with Gasteiger partial charge in [-0.2, -0.15) is 0 Å². The maximum atomic E-state index is 10.5. The van der Waals surface area contributed by atoms with E-state index < -0.39 is 0 Å². The maximum Gasteiger partial charge on any atom is 0.120 e. The van der Waals surface area contributed by atoms with E-state index in [1.807, 2.05) is 30.3 Å². The summed E-state index contributed by atoms with van der Waals surface area (Å²) in [6, 6.07) is 16.2. The highest BCUT2D eigenvalue weighted by molar-refractivity contribution is 5.49. The van der Waals surface area contributed by atoms with E-state index in [0.717, 1.165) is 11.3 Å². The number of hydrogen-bond acceptors (Lipinski definition) is 2. The smallest absolute Gasteiger partial charge is 0.120 e. The van der Waals surface area contributed by atoms with E-state index in [0.29, 0.717) is 5.75 Å². The first-order chi connectivity index (χ1) is 10.6. The van der Waals surface area contributed by atoms with Gasteiger partial charge in [-0.05, 0) is 40.7 Å². The minimum Gasteiger partial charge on any atom is -0.508 e. The van der Waals surface area contributed by atoms with Crippen molar-refractivity contribution in [2.24, 2.45) is 5.41 Å². The minimum atomic E-state index is -0.0379. The van der Waals surface area contributed by atoms with Crippen LogP contribution in [-0.2, 0) is 5.41 Å². The van der Waals surface area contributed by atoms with Gasteiger partial charge in [-0.1, -0.05) is 65.8 Å². The SMILES string of the molecule is CC(C)(C)c1ccc(O)c(C(Nc2ccccc2)C(C)(C)C)c1. The van der Waals surface area contributed by atoms with Crippen molar-refractivity contribution < 1.29 is 5.11 Å². The number of anilines is 1. The number of hydrogen-bond donors (Lipinski definition) is 2. The summed E-state index contributed by atoms with van der Waals surface area (Å²) in [7, 11) is 0. The third-order valence-electron chi connectivity index (χ3n) is 4.16. The highest BCUT2D eigenvalue weighted by atomic mass is 16.3. The molecule has 0 aliphatic carbocycles. The molecule has 1 atom stereocenters. The third-order valence-corrected chi connectivity index (χ3v) is 4.16. The molecule has 2 aromatic carbocycles. The Kier molecular flexibility index (Phi) is 4.74. The van der Waals surface area contributed by atoms with Crippen LogP contribution in [0.1, 0.15) is 58.7 Å². The minimum absolute atomic E-state index is 0.0206. The van der Waals surface area contributed by atoms with E-state index in [4.69, 9.17) is 0 Å². The van der Waals surface area contributed by atoms with Gasteiger partial charge in [0, 0.05) is 11.3 Å². The average Bonchev–Trinajstić information content (AvgIpc) is 2.44. The molecule has 0 fully saturated rings. The van der Waals surface area contributed by atoms with Gasteiger partial charge < -0.3 is 10.4 Å². The predicted molar refractivity (Wildman–Crippen MR) is 99.1 cm³/mol. The standard InChI is InChI=1S/C21H29NO/c1-20(2,3)15-12-13-18(23)17(14-15)19(21(4,5)6)22-16-10-8-7-9-11-16/h7-14,19,22-23H,1-6H3. The summed E-state index contributed by atoms with van der Waals surface area (Å²) in [4.78, 5) is 0. The summed E-state index contributed by atoms with van der Waals surface area (Å²) in [6.07, 6.45) is 0. The fourth-order valence-corrected chi connectivity index (χ4v) is 2.71. The molecule has 0 aliphatic heterocycles. The molecule has 1 unspecified atom stereocenters. The Morgan fingerprint density at radius 3 is 2.00 bits per heavy atom. The Bertz CT molecular complexity index is 648. The van der Waals surface area contributed by atoms with Gasteiger partial charge in [-0.3, -0.25) is 0 Å².